The van der Waals surface area contributed by atoms with Crippen LogP contribution >= 0.6 is 0 Å². The molecule has 5 heteroatoms. The molecule has 0 aromatic heterocycles. The molecule has 0 N–H and O–H groups in total. The molecule has 0 saturated heterocycles. The molecule has 2 aromatic carbocycles. The summed E-state index contributed by atoms with van der Waals surface area (Å²) >= 11 is -0.242. The van der Waals surface area contributed by atoms with Gasteiger partial charge < -0.3 is 4.90 Å². The Hall–Kier alpha value is -2.33. The molecule has 0 fully saturated rings. The number of rotatable bonds is 5. The van der Waals surface area contributed by atoms with Crippen molar-refractivity contribution in [1.29, 1.82) is 0 Å². The molecule has 0 radical (unpaired) electrons. The molecule has 3 aliphatic rings. The van der Waals surface area contributed by atoms with Crippen LogP contribution in [0.5, 0.6) is 5.75 Å². The zero-order valence-corrected chi connectivity index (χ0v) is 23.6. The molecule has 1 aliphatic carbocycles. The maximum absolute atomic E-state index is 13.1. The number of carbonyl (C=O) groups is 1. The third kappa shape index (κ3) is 4.62. The SMILES string of the molecule is CCN(C)CC.CCN(CC)c1ccc2c(c1)OC1=CCC(C)C=C1C21[Se]C(=O)c2ccccc21. The zero-order valence-electron chi connectivity index (χ0n) is 21.9. The van der Waals surface area contributed by atoms with Gasteiger partial charge in [-0.25, -0.2) is 0 Å². The van der Waals surface area contributed by atoms with Crippen molar-refractivity contribution in [3.05, 3.63) is 82.6 Å². The molecule has 2 atom stereocenters. The van der Waals surface area contributed by atoms with Crippen molar-refractivity contribution in [3.8, 4) is 5.75 Å². The summed E-state index contributed by atoms with van der Waals surface area (Å²) in [6, 6.07) is 14.7. The molecule has 2 aliphatic heterocycles. The molecule has 5 rings (SSSR count). The number of hydrogen-bond donors (Lipinski definition) is 0. The Morgan fingerprint density at radius 1 is 1.00 bits per heavy atom. The van der Waals surface area contributed by atoms with Crippen LogP contribution in [0.25, 0.3) is 0 Å². The van der Waals surface area contributed by atoms with E-state index in [-0.39, 0.29) is 24.0 Å². The number of hydrogen-bond acceptors (Lipinski definition) is 4. The van der Waals surface area contributed by atoms with Gasteiger partial charge in [0.05, 0.1) is 0 Å². The van der Waals surface area contributed by atoms with E-state index in [4.69, 9.17) is 4.74 Å². The average Bonchev–Trinajstić information content (AvgIpc) is 3.18. The predicted molar refractivity (Wildman–Crippen MR) is 147 cm³/mol. The fourth-order valence-corrected chi connectivity index (χ4v) is 7.96. The van der Waals surface area contributed by atoms with Crippen molar-refractivity contribution in [1.82, 2.24) is 4.90 Å². The summed E-state index contributed by atoms with van der Waals surface area (Å²) in [6.45, 7) is 15.1. The van der Waals surface area contributed by atoms with Crippen LogP contribution in [0.3, 0.4) is 0 Å². The van der Waals surface area contributed by atoms with Gasteiger partial charge in [-0.1, -0.05) is 13.8 Å². The van der Waals surface area contributed by atoms with E-state index in [0.717, 1.165) is 60.8 Å². The van der Waals surface area contributed by atoms with Crippen molar-refractivity contribution < 1.29 is 9.53 Å². The van der Waals surface area contributed by atoms with E-state index in [1.54, 1.807) is 0 Å². The van der Waals surface area contributed by atoms with Crippen LogP contribution in [0.4, 0.5) is 5.69 Å². The number of carbonyl (C=O) groups excluding carboxylic acids is 1. The van der Waals surface area contributed by atoms with Crippen LogP contribution < -0.4 is 9.64 Å². The second kappa shape index (κ2) is 10.7. The quantitative estimate of drug-likeness (QED) is 0.449. The Morgan fingerprint density at radius 2 is 1.71 bits per heavy atom. The number of nitrogens with zero attached hydrogens (tertiary/aromatic N) is 2. The second-order valence-corrected chi connectivity index (χ2v) is 11.9. The second-order valence-electron chi connectivity index (χ2n) is 9.42. The first-order valence-corrected chi connectivity index (χ1v) is 14.6. The molecular formula is C30H38N2O2Se. The predicted octanol–water partition coefficient (Wildman–Crippen LogP) is 5.83. The van der Waals surface area contributed by atoms with E-state index < -0.39 is 0 Å². The van der Waals surface area contributed by atoms with Gasteiger partial charge in [0.15, 0.2) is 0 Å². The van der Waals surface area contributed by atoms with Gasteiger partial charge in [-0.15, -0.1) is 0 Å². The Labute approximate surface area is 217 Å². The molecule has 1 spiro atoms. The first-order valence-electron chi connectivity index (χ1n) is 12.9. The zero-order chi connectivity index (χ0) is 25.2. The number of anilines is 1. The van der Waals surface area contributed by atoms with E-state index in [2.05, 4.69) is 94.0 Å². The number of allylic oxidation sites excluding steroid dienone is 3. The molecule has 2 aromatic rings. The van der Waals surface area contributed by atoms with Crippen LogP contribution in [0.15, 0.2) is 65.9 Å². The Morgan fingerprint density at radius 3 is 2.37 bits per heavy atom. The van der Waals surface area contributed by atoms with E-state index >= 15 is 0 Å². The van der Waals surface area contributed by atoms with Gasteiger partial charge in [0.2, 0.25) is 0 Å². The van der Waals surface area contributed by atoms with E-state index in [1.807, 2.05) is 12.1 Å². The number of benzene rings is 2. The molecule has 4 nitrogen and oxygen atoms in total. The molecule has 0 saturated carbocycles. The summed E-state index contributed by atoms with van der Waals surface area (Å²) < 4.78 is 6.37. The molecule has 0 amide bonds. The summed E-state index contributed by atoms with van der Waals surface area (Å²) in [5.41, 5.74) is 5.54. The van der Waals surface area contributed by atoms with Gasteiger partial charge in [0.25, 0.3) is 0 Å². The molecule has 2 unspecified atom stereocenters. The summed E-state index contributed by atoms with van der Waals surface area (Å²) in [5, 5.41) is 0. The summed E-state index contributed by atoms with van der Waals surface area (Å²) in [6.07, 6.45) is 5.53. The first kappa shape index (κ1) is 25.8. The fourth-order valence-electron chi connectivity index (χ4n) is 5.00. The van der Waals surface area contributed by atoms with Gasteiger partial charge in [0, 0.05) is 0 Å². The molecule has 186 valence electrons. The van der Waals surface area contributed by atoms with Crippen LogP contribution in [0, 0.1) is 5.92 Å². The first-order chi connectivity index (χ1) is 16.9. The third-order valence-electron chi connectivity index (χ3n) is 7.32. The van der Waals surface area contributed by atoms with Crippen molar-refractivity contribution in [3.63, 3.8) is 0 Å². The van der Waals surface area contributed by atoms with Crippen molar-refractivity contribution in [2.75, 3.05) is 38.1 Å². The van der Waals surface area contributed by atoms with E-state index in [1.165, 1.54) is 11.3 Å². The summed E-state index contributed by atoms with van der Waals surface area (Å²) in [5.74, 6) is 2.29. The average molecular weight is 538 g/mol. The number of ether oxygens (including phenoxy) is 1. The summed E-state index contributed by atoms with van der Waals surface area (Å²) in [4.78, 5) is 17.7. The molecule has 35 heavy (non-hydrogen) atoms. The Balaban J connectivity index is 0.000000431. The summed E-state index contributed by atoms with van der Waals surface area (Å²) in [7, 11) is 2.11. The van der Waals surface area contributed by atoms with E-state index in [9.17, 15) is 4.79 Å². The van der Waals surface area contributed by atoms with Gasteiger partial charge >= 0.3 is 179 Å². The topological polar surface area (TPSA) is 32.8 Å². The fraction of sp³-hybridized carbons (Fsp3) is 0.433. The Bertz CT molecular complexity index is 1150. The van der Waals surface area contributed by atoms with Crippen LogP contribution in [-0.4, -0.2) is 57.8 Å². The van der Waals surface area contributed by atoms with E-state index in [0.29, 0.717) is 5.92 Å². The Kier molecular flexibility index (Phi) is 7.90. The van der Waals surface area contributed by atoms with Crippen LogP contribution in [0.1, 0.15) is 62.5 Å². The van der Waals surface area contributed by atoms with Crippen molar-refractivity contribution in [2.24, 2.45) is 5.92 Å². The van der Waals surface area contributed by atoms with Gasteiger partial charge in [-0.3, -0.25) is 0 Å². The van der Waals surface area contributed by atoms with Gasteiger partial charge in [0.1, 0.15) is 0 Å². The van der Waals surface area contributed by atoms with Crippen LogP contribution in [-0.2, 0) is 4.31 Å². The van der Waals surface area contributed by atoms with Crippen molar-refractivity contribution in [2.45, 2.75) is 45.4 Å². The third-order valence-corrected chi connectivity index (χ3v) is 10.2. The molecule has 2 heterocycles. The molecule has 0 bridgehead atoms. The monoisotopic (exact) mass is 538 g/mol. The maximum atomic E-state index is 13.1. The normalized spacial score (nSPS) is 21.8. The standard InChI is InChI=1S/C25H25NO2Se.C5H13N/c1-4-26(5-2)17-11-12-20-23(15-17)28-22-13-10-16(3)14-21(22)25(20)19-9-7-6-8-18(19)24(27)29-25;1-4-6(3)5-2/h6-9,11-16H,4-5,10H2,1-3H3;4-5H2,1-3H3. The molecular weight excluding hydrogens is 499 g/mol. The minimum atomic E-state index is -0.378. The van der Waals surface area contributed by atoms with Crippen molar-refractivity contribution >= 4 is 25.3 Å². The minimum absolute atomic E-state index is 0.242. The van der Waals surface area contributed by atoms with Gasteiger partial charge in [-0.05, 0) is 20.1 Å². The number of fused-ring (bicyclic) bond motifs is 6. The van der Waals surface area contributed by atoms with Gasteiger partial charge in [-0.2, -0.15) is 0 Å². The van der Waals surface area contributed by atoms with Crippen LogP contribution in [0.2, 0.25) is 0 Å².